The second-order valence-electron chi connectivity index (χ2n) is 7.05. The van der Waals surface area contributed by atoms with Crippen molar-refractivity contribution in [3.05, 3.63) is 35.4 Å². The maximum absolute atomic E-state index is 13.3. The standard InChI is InChI=1S/C20H24ClN5O3S/c1-24-9-6-22-18(24)19(27)26(8-3-7-25-10-12-29-13-11-25)20-23-16-15(28-2)5-4-14(21)17(16)30-20/h4-6,9H,3,7-8,10-13H2,1-2H3. The Balaban J connectivity index is 1.62. The first kappa shape index (κ1) is 21.0. The molecule has 0 radical (unpaired) electrons. The zero-order valence-electron chi connectivity index (χ0n) is 17.0. The minimum atomic E-state index is -0.182. The van der Waals surface area contributed by atoms with Crippen LogP contribution in [0.1, 0.15) is 17.0 Å². The van der Waals surface area contributed by atoms with Crippen LogP contribution in [-0.4, -0.2) is 71.8 Å². The van der Waals surface area contributed by atoms with E-state index < -0.39 is 0 Å². The van der Waals surface area contributed by atoms with Crippen molar-refractivity contribution in [2.24, 2.45) is 7.05 Å². The van der Waals surface area contributed by atoms with E-state index in [1.165, 1.54) is 11.3 Å². The SMILES string of the molecule is COc1ccc(Cl)c2sc(N(CCCN3CCOCC3)C(=O)c3nccn3C)nc12. The molecule has 0 saturated carbocycles. The molecule has 0 N–H and O–H groups in total. The van der Waals surface area contributed by atoms with Crippen LogP contribution in [0.25, 0.3) is 10.2 Å². The first-order valence-corrected chi connectivity index (χ1v) is 11.0. The van der Waals surface area contributed by atoms with Gasteiger partial charge in [-0.05, 0) is 18.6 Å². The second kappa shape index (κ2) is 9.30. The molecule has 0 aliphatic carbocycles. The summed E-state index contributed by atoms with van der Waals surface area (Å²) in [4.78, 5) is 26.3. The third kappa shape index (κ3) is 4.29. The number of aromatic nitrogens is 3. The van der Waals surface area contributed by atoms with Crippen LogP contribution in [0.5, 0.6) is 5.75 Å². The topological polar surface area (TPSA) is 72.7 Å². The summed E-state index contributed by atoms with van der Waals surface area (Å²) in [6.45, 7) is 4.77. The molecule has 30 heavy (non-hydrogen) atoms. The number of ether oxygens (including phenoxy) is 2. The summed E-state index contributed by atoms with van der Waals surface area (Å²) in [5.74, 6) is 0.826. The highest BCUT2D eigenvalue weighted by molar-refractivity contribution is 7.23. The van der Waals surface area contributed by atoms with Crippen LogP contribution < -0.4 is 9.64 Å². The number of rotatable bonds is 7. The molecule has 3 aromatic rings. The zero-order chi connectivity index (χ0) is 21.1. The van der Waals surface area contributed by atoms with Gasteiger partial charge in [0.05, 0.1) is 30.0 Å². The molecule has 10 heteroatoms. The van der Waals surface area contributed by atoms with Gasteiger partial charge in [0.15, 0.2) is 11.0 Å². The summed E-state index contributed by atoms with van der Waals surface area (Å²) in [7, 11) is 3.41. The summed E-state index contributed by atoms with van der Waals surface area (Å²) in [5, 5.41) is 1.18. The lowest BCUT2D eigenvalue weighted by Gasteiger charge is -2.27. The zero-order valence-corrected chi connectivity index (χ0v) is 18.6. The number of anilines is 1. The predicted octanol–water partition coefficient (Wildman–Crippen LogP) is 3.06. The van der Waals surface area contributed by atoms with Crippen molar-refractivity contribution < 1.29 is 14.3 Å². The van der Waals surface area contributed by atoms with Crippen LogP contribution in [-0.2, 0) is 11.8 Å². The highest BCUT2D eigenvalue weighted by Gasteiger charge is 2.25. The predicted molar refractivity (Wildman–Crippen MR) is 118 cm³/mol. The van der Waals surface area contributed by atoms with E-state index in [0.29, 0.717) is 33.8 Å². The minimum Gasteiger partial charge on any atom is -0.494 e. The van der Waals surface area contributed by atoms with E-state index in [4.69, 9.17) is 26.1 Å². The molecule has 0 spiro atoms. The summed E-state index contributed by atoms with van der Waals surface area (Å²) in [6, 6.07) is 3.57. The van der Waals surface area contributed by atoms with Crippen LogP contribution >= 0.6 is 22.9 Å². The first-order valence-electron chi connectivity index (χ1n) is 9.81. The Morgan fingerprint density at radius 1 is 1.37 bits per heavy atom. The Morgan fingerprint density at radius 3 is 2.87 bits per heavy atom. The number of imidazole rings is 1. The van der Waals surface area contributed by atoms with Gasteiger partial charge in [0.1, 0.15) is 11.3 Å². The van der Waals surface area contributed by atoms with Crippen molar-refractivity contribution >= 4 is 44.2 Å². The molecule has 4 rings (SSSR count). The van der Waals surface area contributed by atoms with Crippen molar-refractivity contribution in [2.45, 2.75) is 6.42 Å². The van der Waals surface area contributed by atoms with Gasteiger partial charge in [0.2, 0.25) is 0 Å². The molecule has 1 aromatic carbocycles. The average molecular weight is 450 g/mol. The summed E-state index contributed by atoms with van der Waals surface area (Å²) in [6.07, 6.45) is 4.20. The lowest BCUT2D eigenvalue weighted by Crippen LogP contribution is -2.39. The molecule has 2 aromatic heterocycles. The molecule has 1 saturated heterocycles. The second-order valence-corrected chi connectivity index (χ2v) is 8.43. The van der Waals surface area contributed by atoms with Gasteiger partial charge < -0.3 is 14.0 Å². The van der Waals surface area contributed by atoms with E-state index in [9.17, 15) is 4.79 Å². The molecule has 160 valence electrons. The normalized spacial score (nSPS) is 14.9. The molecule has 1 fully saturated rings. The average Bonchev–Trinajstić information content (AvgIpc) is 3.39. The summed E-state index contributed by atoms with van der Waals surface area (Å²) >= 11 is 7.78. The van der Waals surface area contributed by atoms with Gasteiger partial charge in [0.25, 0.3) is 5.91 Å². The molecule has 0 bridgehead atoms. The summed E-state index contributed by atoms with van der Waals surface area (Å²) in [5.41, 5.74) is 0.663. The van der Waals surface area contributed by atoms with E-state index >= 15 is 0 Å². The molecular weight excluding hydrogens is 426 g/mol. The van der Waals surface area contributed by atoms with Crippen molar-refractivity contribution in [3.8, 4) is 5.75 Å². The van der Waals surface area contributed by atoms with Crippen LogP contribution in [0.3, 0.4) is 0 Å². The fourth-order valence-corrected chi connectivity index (χ4v) is 4.76. The fourth-order valence-electron chi connectivity index (χ4n) is 3.48. The van der Waals surface area contributed by atoms with Crippen molar-refractivity contribution in [1.29, 1.82) is 0 Å². The molecule has 1 aliphatic rings. The number of amides is 1. The largest absolute Gasteiger partial charge is 0.494 e. The maximum atomic E-state index is 13.3. The summed E-state index contributed by atoms with van der Waals surface area (Å²) < 4.78 is 13.4. The van der Waals surface area contributed by atoms with Gasteiger partial charge in [-0.2, -0.15) is 0 Å². The Hall–Kier alpha value is -2.20. The van der Waals surface area contributed by atoms with Gasteiger partial charge in [-0.15, -0.1) is 0 Å². The monoisotopic (exact) mass is 449 g/mol. The number of aryl methyl sites for hydroxylation is 1. The quantitative estimate of drug-likeness (QED) is 0.552. The van der Waals surface area contributed by atoms with Gasteiger partial charge in [-0.3, -0.25) is 14.6 Å². The van der Waals surface area contributed by atoms with Gasteiger partial charge in [-0.1, -0.05) is 22.9 Å². The van der Waals surface area contributed by atoms with Crippen LogP contribution in [0.15, 0.2) is 24.5 Å². The molecule has 8 nitrogen and oxygen atoms in total. The molecular formula is C20H24ClN5O3S. The fraction of sp³-hybridized carbons (Fsp3) is 0.450. The highest BCUT2D eigenvalue weighted by Crippen LogP contribution is 2.39. The number of hydrogen-bond acceptors (Lipinski definition) is 7. The third-order valence-electron chi connectivity index (χ3n) is 5.12. The Morgan fingerprint density at radius 2 is 2.17 bits per heavy atom. The first-order chi connectivity index (χ1) is 14.6. The molecule has 1 amide bonds. The molecule has 1 aliphatic heterocycles. The highest BCUT2D eigenvalue weighted by atomic mass is 35.5. The minimum absolute atomic E-state index is 0.182. The van der Waals surface area contributed by atoms with E-state index in [-0.39, 0.29) is 5.91 Å². The number of nitrogens with zero attached hydrogens (tertiary/aromatic N) is 5. The number of carbonyl (C=O) groups excluding carboxylic acids is 1. The number of thiazole rings is 1. The van der Waals surface area contributed by atoms with E-state index in [1.54, 1.807) is 41.1 Å². The van der Waals surface area contributed by atoms with Crippen molar-refractivity contribution in [2.75, 3.05) is 51.4 Å². The molecule has 3 heterocycles. The van der Waals surface area contributed by atoms with E-state index in [1.807, 2.05) is 7.05 Å². The number of benzene rings is 1. The Labute approximate surface area is 184 Å². The Kier molecular flexibility index (Phi) is 6.52. The number of hydrogen-bond donors (Lipinski definition) is 0. The van der Waals surface area contributed by atoms with Gasteiger partial charge in [-0.25, -0.2) is 9.97 Å². The Bertz CT molecular complexity index is 1030. The number of halogens is 1. The third-order valence-corrected chi connectivity index (χ3v) is 6.65. The van der Waals surface area contributed by atoms with Crippen molar-refractivity contribution in [1.82, 2.24) is 19.4 Å². The number of fused-ring (bicyclic) bond motifs is 1. The smallest absolute Gasteiger partial charge is 0.296 e. The lowest BCUT2D eigenvalue weighted by atomic mass is 10.3. The van der Waals surface area contributed by atoms with Crippen LogP contribution in [0, 0.1) is 0 Å². The molecule has 0 atom stereocenters. The number of morpholine rings is 1. The van der Waals surface area contributed by atoms with E-state index in [0.717, 1.165) is 44.0 Å². The number of carbonyl (C=O) groups is 1. The lowest BCUT2D eigenvalue weighted by molar-refractivity contribution is 0.0376. The van der Waals surface area contributed by atoms with E-state index in [2.05, 4.69) is 9.88 Å². The van der Waals surface area contributed by atoms with Crippen molar-refractivity contribution in [3.63, 3.8) is 0 Å². The van der Waals surface area contributed by atoms with Gasteiger partial charge in [0, 0.05) is 45.6 Å². The van der Waals surface area contributed by atoms with Crippen LogP contribution in [0.2, 0.25) is 5.02 Å². The van der Waals surface area contributed by atoms with Crippen LogP contribution in [0.4, 0.5) is 5.13 Å². The number of methoxy groups -OCH3 is 1. The maximum Gasteiger partial charge on any atom is 0.296 e. The molecule has 0 unspecified atom stereocenters. The van der Waals surface area contributed by atoms with Gasteiger partial charge >= 0.3 is 0 Å².